The van der Waals surface area contributed by atoms with E-state index in [9.17, 15) is 0 Å². The van der Waals surface area contributed by atoms with Crippen LogP contribution in [0.4, 0.5) is 5.69 Å². The largest absolute Gasteiger partial charge is 0.394 e. The molecular weight excluding hydrogens is 140 g/mol. The molecule has 58 valence electrons. The van der Waals surface area contributed by atoms with Crippen LogP contribution in [-0.2, 0) is 7.05 Å². The molecule has 2 heterocycles. The maximum atomic E-state index is 5.69. The molecule has 11 heavy (non-hydrogen) atoms. The second kappa shape index (κ2) is 1.78. The normalized spacial score (nSPS) is 11.1. The molecule has 4 heteroatoms. The van der Waals surface area contributed by atoms with Crippen LogP contribution in [0.15, 0.2) is 12.4 Å². The molecule has 0 aliphatic carbocycles. The van der Waals surface area contributed by atoms with Gasteiger partial charge in [0.2, 0.25) is 0 Å². The molecule has 0 amide bonds. The van der Waals surface area contributed by atoms with Crippen molar-refractivity contribution < 1.29 is 0 Å². The summed E-state index contributed by atoms with van der Waals surface area (Å²) in [4.78, 5) is 0. The Balaban J connectivity index is 2.95. The van der Waals surface area contributed by atoms with Gasteiger partial charge in [0.15, 0.2) is 5.65 Å². The van der Waals surface area contributed by atoms with Crippen LogP contribution in [0, 0.1) is 6.92 Å². The molecule has 4 nitrogen and oxygen atoms in total. The quantitative estimate of drug-likeness (QED) is 0.596. The van der Waals surface area contributed by atoms with Gasteiger partial charge in [0.05, 0.1) is 18.1 Å². The van der Waals surface area contributed by atoms with Crippen molar-refractivity contribution in [3.63, 3.8) is 0 Å². The molecule has 2 N–H and O–H groups in total. The standard InChI is InChI=1S/C7H10N4/c1-5-4-11-7(10(5)2)6(8)3-9-11/h3-4H,8H2,1-2H3. The van der Waals surface area contributed by atoms with E-state index in [2.05, 4.69) is 5.10 Å². The van der Waals surface area contributed by atoms with Crippen LogP contribution in [0.3, 0.4) is 0 Å². The number of nitrogens with two attached hydrogens (primary N) is 1. The first kappa shape index (κ1) is 6.27. The zero-order valence-electron chi connectivity index (χ0n) is 6.57. The molecule has 0 unspecified atom stereocenters. The lowest BCUT2D eigenvalue weighted by Crippen LogP contribution is -1.93. The first-order chi connectivity index (χ1) is 5.20. The van der Waals surface area contributed by atoms with Gasteiger partial charge >= 0.3 is 0 Å². The van der Waals surface area contributed by atoms with Crippen molar-refractivity contribution in [2.24, 2.45) is 7.05 Å². The lowest BCUT2D eigenvalue weighted by molar-refractivity contribution is 0.906. The van der Waals surface area contributed by atoms with Crippen LogP contribution in [-0.4, -0.2) is 14.2 Å². The van der Waals surface area contributed by atoms with E-state index in [-0.39, 0.29) is 0 Å². The second-order valence-corrected chi connectivity index (χ2v) is 2.70. The third kappa shape index (κ3) is 0.661. The lowest BCUT2D eigenvalue weighted by Gasteiger charge is -1.94. The molecule has 2 aromatic rings. The highest BCUT2D eigenvalue weighted by Crippen LogP contribution is 2.14. The van der Waals surface area contributed by atoms with Gasteiger partial charge in [0, 0.05) is 12.7 Å². The van der Waals surface area contributed by atoms with Gasteiger partial charge in [0.25, 0.3) is 0 Å². The molecule has 0 spiro atoms. The topological polar surface area (TPSA) is 48.2 Å². The number of hydrogen-bond donors (Lipinski definition) is 1. The SMILES string of the molecule is Cc1cn2ncc(N)c2n1C. The highest BCUT2D eigenvalue weighted by molar-refractivity contribution is 5.64. The van der Waals surface area contributed by atoms with Crippen molar-refractivity contribution in [3.8, 4) is 0 Å². The maximum absolute atomic E-state index is 5.69. The number of nitrogens with zero attached hydrogens (tertiary/aromatic N) is 3. The molecule has 0 aliphatic rings. The van der Waals surface area contributed by atoms with E-state index in [1.807, 2.05) is 24.7 Å². The molecule has 2 aromatic heterocycles. The Morgan fingerprint density at radius 3 is 2.91 bits per heavy atom. The summed E-state index contributed by atoms with van der Waals surface area (Å²) in [7, 11) is 1.97. The highest BCUT2D eigenvalue weighted by Gasteiger charge is 2.05. The summed E-state index contributed by atoms with van der Waals surface area (Å²) in [5.41, 5.74) is 8.52. The molecular formula is C7H10N4. The summed E-state index contributed by atoms with van der Waals surface area (Å²) in [6.07, 6.45) is 3.61. The van der Waals surface area contributed by atoms with Gasteiger partial charge in [-0.3, -0.25) is 0 Å². The minimum Gasteiger partial charge on any atom is -0.394 e. The van der Waals surface area contributed by atoms with E-state index in [4.69, 9.17) is 5.73 Å². The van der Waals surface area contributed by atoms with Gasteiger partial charge in [-0.1, -0.05) is 0 Å². The van der Waals surface area contributed by atoms with Crippen LogP contribution < -0.4 is 5.73 Å². The first-order valence-corrected chi connectivity index (χ1v) is 3.45. The zero-order valence-corrected chi connectivity index (χ0v) is 6.57. The second-order valence-electron chi connectivity index (χ2n) is 2.70. The van der Waals surface area contributed by atoms with E-state index in [1.165, 1.54) is 0 Å². The first-order valence-electron chi connectivity index (χ1n) is 3.45. The minimum absolute atomic E-state index is 0.723. The Labute approximate surface area is 64.2 Å². The summed E-state index contributed by atoms with van der Waals surface area (Å²) in [5, 5.41) is 4.07. The number of imidazole rings is 1. The van der Waals surface area contributed by atoms with Crippen molar-refractivity contribution in [1.82, 2.24) is 14.2 Å². The number of hydrogen-bond acceptors (Lipinski definition) is 2. The Hall–Kier alpha value is -1.45. The molecule has 0 aliphatic heterocycles. The molecule has 0 bridgehead atoms. The smallest absolute Gasteiger partial charge is 0.158 e. The van der Waals surface area contributed by atoms with Crippen LogP contribution in [0.25, 0.3) is 5.65 Å². The van der Waals surface area contributed by atoms with Gasteiger partial charge < -0.3 is 10.3 Å². The summed E-state index contributed by atoms with van der Waals surface area (Å²) in [6, 6.07) is 0. The number of fused-ring (bicyclic) bond motifs is 1. The third-order valence-electron chi connectivity index (χ3n) is 1.95. The van der Waals surface area contributed by atoms with E-state index in [0.717, 1.165) is 17.0 Å². The fourth-order valence-electron chi connectivity index (χ4n) is 1.24. The number of aryl methyl sites for hydroxylation is 2. The fraction of sp³-hybridized carbons (Fsp3) is 0.286. The van der Waals surface area contributed by atoms with Crippen LogP contribution in [0.1, 0.15) is 5.69 Å². The van der Waals surface area contributed by atoms with E-state index in [1.54, 1.807) is 10.7 Å². The number of rotatable bonds is 0. The van der Waals surface area contributed by atoms with Crippen molar-refractivity contribution in [1.29, 1.82) is 0 Å². The summed E-state index contributed by atoms with van der Waals surface area (Å²) in [6.45, 7) is 2.02. The van der Waals surface area contributed by atoms with Crippen molar-refractivity contribution >= 4 is 11.3 Å². The van der Waals surface area contributed by atoms with Crippen LogP contribution in [0.2, 0.25) is 0 Å². The van der Waals surface area contributed by atoms with E-state index in [0.29, 0.717) is 0 Å². The van der Waals surface area contributed by atoms with Crippen molar-refractivity contribution in [3.05, 3.63) is 18.1 Å². The molecule has 2 rings (SSSR count). The monoisotopic (exact) mass is 150 g/mol. The van der Waals surface area contributed by atoms with Gasteiger partial charge in [-0.15, -0.1) is 0 Å². The van der Waals surface area contributed by atoms with E-state index < -0.39 is 0 Å². The Bertz CT molecular complexity index is 396. The molecule has 0 aromatic carbocycles. The lowest BCUT2D eigenvalue weighted by atomic mass is 10.5. The molecule has 0 saturated carbocycles. The average molecular weight is 150 g/mol. The summed E-state index contributed by atoms with van der Waals surface area (Å²) in [5.74, 6) is 0. The molecule has 0 fully saturated rings. The predicted octanol–water partition coefficient (Wildman–Crippen LogP) is 0.563. The number of anilines is 1. The average Bonchev–Trinajstić information content (AvgIpc) is 2.41. The van der Waals surface area contributed by atoms with Gasteiger partial charge in [-0.05, 0) is 6.92 Å². The fourth-order valence-corrected chi connectivity index (χ4v) is 1.24. The van der Waals surface area contributed by atoms with E-state index >= 15 is 0 Å². The third-order valence-corrected chi connectivity index (χ3v) is 1.95. The summed E-state index contributed by atoms with van der Waals surface area (Å²) < 4.78 is 3.80. The van der Waals surface area contributed by atoms with Crippen LogP contribution >= 0.6 is 0 Å². The van der Waals surface area contributed by atoms with Gasteiger partial charge in [0.1, 0.15) is 0 Å². The van der Waals surface area contributed by atoms with Crippen LogP contribution in [0.5, 0.6) is 0 Å². The number of aromatic nitrogens is 3. The number of nitrogen functional groups attached to an aromatic ring is 1. The van der Waals surface area contributed by atoms with Crippen molar-refractivity contribution in [2.75, 3.05) is 5.73 Å². The zero-order chi connectivity index (χ0) is 8.01. The molecule has 0 radical (unpaired) electrons. The Kier molecular flexibility index (Phi) is 1.01. The molecule has 0 saturated heterocycles. The summed E-state index contributed by atoms with van der Waals surface area (Å²) >= 11 is 0. The van der Waals surface area contributed by atoms with Gasteiger partial charge in [-0.2, -0.15) is 5.10 Å². The Morgan fingerprint density at radius 2 is 2.27 bits per heavy atom. The highest BCUT2D eigenvalue weighted by atomic mass is 15.3. The maximum Gasteiger partial charge on any atom is 0.158 e. The van der Waals surface area contributed by atoms with Gasteiger partial charge in [-0.25, -0.2) is 4.52 Å². The minimum atomic E-state index is 0.723. The molecule has 0 atom stereocenters. The van der Waals surface area contributed by atoms with Crippen molar-refractivity contribution in [2.45, 2.75) is 6.92 Å². The Morgan fingerprint density at radius 1 is 1.55 bits per heavy atom. The predicted molar refractivity (Wildman–Crippen MR) is 43.3 cm³/mol.